The van der Waals surface area contributed by atoms with E-state index in [9.17, 15) is 9.59 Å². The second kappa shape index (κ2) is 8.78. The molecule has 3 aliphatic heterocycles. The van der Waals surface area contributed by atoms with Crippen LogP contribution in [0, 0.1) is 18.8 Å². The van der Waals surface area contributed by atoms with Gasteiger partial charge >= 0.3 is 0 Å². The Bertz CT molecular complexity index is 737. The number of aromatic nitrogens is 2. The molecule has 29 heavy (non-hydrogen) atoms. The number of rotatable bonds is 6. The quantitative estimate of drug-likeness (QED) is 0.791. The van der Waals surface area contributed by atoms with Crippen molar-refractivity contribution < 1.29 is 9.59 Å². The predicted molar refractivity (Wildman–Crippen MR) is 110 cm³/mol. The van der Waals surface area contributed by atoms with Crippen LogP contribution in [-0.4, -0.2) is 63.3 Å². The smallest absolute Gasteiger partial charge is 0.223 e. The van der Waals surface area contributed by atoms with Gasteiger partial charge in [0.15, 0.2) is 0 Å². The molecular weight excluding hydrogens is 366 g/mol. The van der Waals surface area contributed by atoms with Gasteiger partial charge in [-0.2, -0.15) is 0 Å². The zero-order valence-electron chi connectivity index (χ0n) is 17.6. The molecule has 3 saturated heterocycles. The van der Waals surface area contributed by atoms with Gasteiger partial charge in [0.1, 0.15) is 5.82 Å². The molecular formula is C22H33N5O2. The Labute approximate surface area is 173 Å². The third-order valence-electron chi connectivity index (χ3n) is 6.80. The van der Waals surface area contributed by atoms with Crippen LogP contribution in [-0.2, 0) is 16.1 Å². The first-order valence-electron chi connectivity index (χ1n) is 11.1. The highest BCUT2D eigenvalue weighted by Crippen LogP contribution is 2.41. The van der Waals surface area contributed by atoms with Crippen molar-refractivity contribution in [2.75, 3.05) is 19.6 Å². The number of nitrogens with one attached hydrogen (secondary N) is 1. The van der Waals surface area contributed by atoms with Gasteiger partial charge < -0.3 is 10.2 Å². The largest absolute Gasteiger partial charge is 0.354 e. The zero-order valence-corrected chi connectivity index (χ0v) is 17.6. The molecule has 1 aromatic rings. The minimum Gasteiger partial charge on any atom is -0.354 e. The van der Waals surface area contributed by atoms with E-state index in [1.807, 2.05) is 26.2 Å². The summed E-state index contributed by atoms with van der Waals surface area (Å²) in [5, 5.41) is 3.11. The molecule has 2 amide bonds. The van der Waals surface area contributed by atoms with Crippen molar-refractivity contribution in [3.05, 3.63) is 23.8 Å². The van der Waals surface area contributed by atoms with Crippen molar-refractivity contribution in [2.45, 2.75) is 71.0 Å². The Balaban J connectivity index is 1.50. The number of fused-ring (bicyclic) bond motifs is 4. The molecule has 158 valence electrons. The van der Waals surface area contributed by atoms with Crippen molar-refractivity contribution in [1.82, 2.24) is 25.1 Å². The Morgan fingerprint density at radius 2 is 2.00 bits per heavy atom. The Hall–Kier alpha value is -2.02. The maximum Gasteiger partial charge on any atom is 0.223 e. The van der Waals surface area contributed by atoms with E-state index in [2.05, 4.69) is 25.1 Å². The lowest BCUT2D eigenvalue weighted by Gasteiger charge is -2.56. The summed E-state index contributed by atoms with van der Waals surface area (Å²) in [4.78, 5) is 38.3. The third-order valence-corrected chi connectivity index (χ3v) is 6.80. The van der Waals surface area contributed by atoms with Gasteiger partial charge in [0.2, 0.25) is 11.8 Å². The predicted octanol–water partition coefficient (Wildman–Crippen LogP) is 1.90. The minimum absolute atomic E-state index is 0.0973. The van der Waals surface area contributed by atoms with Gasteiger partial charge in [0.05, 0.1) is 6.04 Å². The highest BCUT2D eigenvalue weighted by molar-refractivity contribution is 5.78. The maximum absolute atomic E-state index is 12.8. The average Bonchev–Trinajstić information content (AvgIpc) is 2.70. The van der Waals surface area contributed by atoms with Gasteiger partial charge in [-0.05, 0) is 44.4 Å². The Morgan fingerprint density at radius 1 is 1.24 bits per heavy atom. The van der Waals surface area contributed by atoms with Crippen LogP contribution in [0.3, 0.4) is 0 Å². The third kappa shape index (κ3) is 4.44. The molecule has 0 spiro atoms. The first-order chi connectivity index (χ1) is 14.0. The monoisotopic (exact) mass is 399 g/mol. The van der Waals surface area contributed by atoms with E-state index in [0.717, 1.165) is 56.7 Å². The number of hydrogen-bond acceptors (Lipinski definition) is 5. The van der Waals surface area contributed by atoms with Crippen LogP contribution in [0.4, 0.5) is 0 Å². The van der Waals surface area contributed by atoms with Crippen LogP contribution >= 0.6 is 0 Å². The van der Waals surface area contributed by atoms with Crippen molar-refractivity contribution in [2.24, 2.45) is 11.8 Å². The molecule has 0 aliphatic carbocycles. The topological polar surface area (TPSA) is 78.4 Å². The van der Waals surface area contributed by atoms with E-state index in [4.69, 9.17) is 0 Å². The van der Waals surface area contributed by atoms with E-state index in [1.54, 1.807) is 0 Å². The van der Waals surface area contributed by atoms with Crippen LogP contribution in [0.25, 0.3) is 0 Å². The molecule has 3 aliphatic rings. The second-order valence-electron chi connectivity index (χ2n) is 8.97. The Kier molecular flexibility index (Phi) is 6.13. The zero-order chi connectivity index (χ0) is 20.4. The number of hydrogen-bond donors (Lipinski definition) is 1. The van der Waals surface area contributed by atoms with Crippen molar-refractivity contribution in [1.29, 1.82) is 0 Å². The molecule has 0 aromatic carbocycles. The molecule has 4 heterocycles. The summed E-state index contributed by atoms with van der Waals surface area (Å²) in [6.45, 7) is 7.33. The lowest BCUT2D eigenvalue weighted by molar-refractivity contribution is -0.153. The van der Waals surface area contributed by atoms with Crippen molar-refractivity contribution in [3.8, 4) is 0 Å². The molecule has 2 bridgehead atoms. The van der Waals surface area contributed by atoms with Crippen LogP contribution in [0.2, 0.25) is 0 Å². The summed E-state index contributed by atoms with van der Waals surface area (Å²) >= 11 is 0. The molecule has 0 radical (unpaired) electrons. The Morgan fingerprint density at radius 3 is 2.76 bits per heavy atom. The van der Waals surface area contributed by atoms with Crippen molar-refractivity contribution in [3.63, 3.8) is 0 Å². The van der Waals surface area contributed by atoms with Gasteiger partial charge in [-0.1, -0.05) is 6.92 Å². The first-order valence-corrected chi connectivity index (χ1v) is 11.1. The fourth-order valence-corrected chi connectivity index (χ4v) is 5.56. The van der Waals surface area contributed by atoms with Crippen LogP contribution < -0.4 is 5.32 Å². The fourth-order valence-electron chi connectivity index (χ4n) is 5.56. The molecule has 4 rings (SSSR count). The summed E-state index contributed by atoms with van der Waals surface area (Å²) in [5.74, 6) is 2.10. The van der Waals surface area contributed by atoms with E-state index >= 15 is 0 Å². The highest BCUT2D eigenvalue weighted by atomic mass is 16.2. The number of aryl methyl sites for hydroxylation is 1. The molecule has 7 nitrogen and oxygen atoms in total. The number of carbonyl (C=O) groups excluding carboxylic acids is 2. The fraction of sp³-hybridized carbons (Fsp3) is 0.727. The van der Waals surface area contributed by atoms with Crippen LogP contribution in [0.1, 0.15) is 56.8 Å². The molecule has 1 N–H and O–H groups in total. The van der Waals surface area contributed by atoms with E-state index in [1.165, 1.54) is 0 Å². The first kappa shape index (κ1) is 20.3. The number of amides is 2. The van der Waals surface area contributed by atoms with Crippen molar-refractivity contribution >= 4 is 11.8 Å². The van der Waals surface area contributed by atoms with Crippen LogP contribution in [0.15, 0.2) is 12.4 Å². The van der Waals surface area contributed by atoms with Gasteiger partial charge in [0.25, 0.3) is 0 Å². The van der Waals surface area contributed by atoms with E-state index < -0.39 is 0 Å². The summed E-state index contributed by atoms with van der Waals surface area (Å²) < 4.78 is 0. The molecule has 3 fully saturated rings. The van der Waals surface area contributed by atoms with E-state index in [0.29, 0.717) is 37.3 Å². The average molecular weight is 400 g/mol. The van der Waals surface area contributed by atoms with Gasteiger partial charge in [0, 0.05) is 63.0 Å². The summed E-state index contributed by atoms with van der Waals surface area (Å²) in [5.41, 5.74) is 1.14. The van der Waals surface area contributed by atoms with Gasteiger partial charge in [-0.3, -0.25) is 14.5 Å². The normalized spacial score (nSPS) is 29.4. The number of piperidine rings is 3. The molecule has 4 atom stereocenters. The van der Waals surface area contributed by atoms with Gasteiger partial charge in [-0.25, -0.2) is 9.97 Å². The van der Waals surface area contributed by atoms with E-state index in [-0.39, 0.29) is 17.9 Å². The summed E-state index contributed by atoms with van der Waals surface area (Å²) in [6.07, 6.45) is 9.13. The van der Waals surface area contributed by atoms with Crippen LogP contribution in [0.5, 0.6) is 0 Å². The lowest BCUT2D eigenvalue weighted by Crippen LogP contribution is -2.67. The standard InChI is InChI=1S/C22H33N5O2/c1-3-5-21(28)25-11-20-18-8-17(19-6-4-7-22(29)27(19)20)13-26(14-18)12-16-9-23-15(2)24-10-16/h9-10,17-20H,3-8,11-14H2,1-2H3,(H,25,28)/t17-,18+,19+,20+/m1/s1. The maximum atomic E-state index is 12.8. The van der Waals surface area contributed by atoms with Gasteiger partial charge in [-0.15, -0.1) is 0 Å². The minimum atomic E-state index is 0.0973. The lowest BCUT2D eigenvalue weighted by atomic mass is 9.72. The molecule has 1 aromatic heterocycles. The summed E-state index contributed by atoms with van der Waals surface area (Å²) in [7, 11) is 0. The highest BCUT2D eigenvalue weighted by Gasteiger charge is 2.49. The number of likely N-dealkylation sites (tertiary alicyclic amines) is 1. The second-order valence-corrected chi connectivity index (χ2v) is 8.97. The molecule has 0 unspecified atom stereocenters. The SMILES string of the molecule is CCCC(=O)NC[C@H]1[C@H]2C[C@H](CN(Cc3cnc(C)nc3)C2)[C@@H]2CCCC(=O)N21. The summed E-state index contributed by atoms with van der Waals surface area (Å²) in [6, 6.07) is 0.430. The number of carbonyl (C=O) groups is 2. The molecule has 7 heteroatoms. The molecule has 0 saturated carbocycles. The number of nitrogens with zero attached hydrogens (tertiary/aromatic N) is 4.